The number of amides is 2. The maximum atomic E-state index is 11.6. The van der Waals surface area contributed by atoms with E-state index in [1.54, 1.807) is 24.3 Å². The van der Waals surface area contributed by atoms with Crippen LogP contribution in [0.2, 0.25) is 0 Å². The van der Waals surface area contributed by atoms with Crippen LogP contribution in [0.4, 0.5) is 0 Å². The van der Waals surface area contributed by atoms with Crippen LogP contribution in [0.15, 0.2) is 47.1 Å². The summed E-state index contributed by atoms with van der Waals surface area (Å²) in [6.45, 7) is -0.508. The Morgan fingerprint density at radius 1 is 1.08 bits per heavy atom. The highest BCUT2D eigenvalue weighted by atomic mass is 16.5. The van der Waals surface area contributed by atoms with Crippen LogP contribution >= 0.6 is 0 Å². The van der Waals surface area contributed by atoms with Crippen LogP contribution in [0, 0.1) is 0 Å². The van der Waals surface area contributed by atoms with Gasteiger partial charge in [-0.05, 0) is 24.3 Å². The minimum atomic E-state index is -0.750. The molecule has 132 valence electrons. The number of hydrogen-bond acceptors (Lipinski definition) is 7. The van der Waals surface area contributed by atoms with E-state index >= 15 is 0 Å². The van der Waals surface area contributed by atoms with E-state index in [-0.39, 0.29) is 18.8 Å². The molecule has 0 unspecified atom stereocenters. The van der Waals surface area contributed by atoms with E-state index in [4.69, 9.17) is 18.6 Å². The van der Waals surface area contributed by atoms with Gasteiger partial charge in [0.15, 0.2) is 23.9 Å². The zero-order chi connectivity index (χ0) is 18.1. The van der Waals surface area contributed by atoms with Crippen molar-refractivity contribution in [2.24, 2.45) is 0 Å². The third-order valence-electron chi connectivity index (χ3n) is 2.99. The Morgan fingerprint density at radius 3 is 2.52 bits per heavy atom. The van der Waals surface area contributed by atoms with Gasteiger partial charge in [-0.25, -0.2) is 0 Å². The lowest BCUT2D eigenvalue weighted by molar-refractivity contribution is -0.148. The second-order valence-electron chi connectivity index (χ2n) is 4.76. The average Bonchev–Trinajstić information content (AvgIpc) is 3.15. The lowest BCUT2D eigenvalue weighted by atomic mass is 10.3. The third-order valence-corrected chi connectivity index (χ3v) is 2.99. The van der Waals surface area contributed by atoms with Crippen molar-refractivity contribution in [3.63, 3.8) is 0 Å². The van der Waals surface area contributed by atoms with Gasteiger partial charge in [-0.3, -0.25) is 19.7 Å². The first-order valence-electron chi connectivity index (χ1n) is 7.39. The molecule has 2 amide bonds. The van der Waals surface area contributed by atoms with Crippen LogP contribution < -0.4 is 14.8 Å². The maximum Gasteiger partial charge on any atom is 0.309 e. The van der Waals surface area contributed by atoms with Crippen molar-refractivity contribution in [2.45, 2.75) is 6.42 Å². The summed E-state index contributed by atoms with van der Waals surface area (Å²) in [6.07, 6.45) is 1.25. The molecule has 0 saturated heterocycles. The summed E-state index contributed by atoms with van der Waals surface area (Å²) in [4.78, 5) is 34.7. The van der Waals surface area contributed by atoms with Crippen LogP contribution in [0.3, 0.4) is 0 Å². The monoisotopic (exact) mass is 347 g/mol. The van der Waals surface area contributed by atoms with Gasteiger partial charge in [0, 0.05) is 0 Å². The van der Waals surface area contributed by atoms with E-state index in [2.05, 4.69) is 0 Å². The molecule has 25 heavy (non-hydrogen) atoms. The Bertz CT molecular complexity index is 724. The number of rotatable bonds is 8. The van der Waals surface area contributed by atoms with Crippen molar-refractivity contribution in [3.8, 4) is 11.5 Å². The Labute approximate surface area is 143 Å². The van der Waals surface area contributed by atoms with Gasteiger partial charge in [0.25, 0.3) is 11.8 Å². The molecule has 0 aliphatic rings. The minimum Gasteiger partial charge on any atom is -0.493 e. The third kappa shape index (κ3) is 5.69. The molecule has 0 atom stereocenters. The minimum absolute atomic E-state index is 0.00937. The van der Waals surface area contributed by atoms with Gasteiger partial charge in [0.05, 0.1) is 26.4 Å². The van der Waals surface area contributed by atoms with Crippen LogP contribution in [-0.2, 0) is 14.3 Å². The fourth-order valence-electron chi connectivity index (χ4n) is 1.83. The van der Waals surface area contributed by atoms with Crippen LogP contribution in [-0.4, -0.2) is 38.1 Å². The van der Waals surface area contributed by atoms with Crippen molar-refractivity contribution >= 4 is 17.8 Å². The summed E-state index contributed by atoms with van der Waals surface area (Å²) in [5.41, 5.74) is 0. The van der Waals surface area contributed by atoms with Crippen LogP contribution in [0.5, 0.6) is 11.5 Å². The van der Waals surface area contributed by atoms with E-state index < -0.39 is 24.4 Å². The lowest BCUT2D eigenvalue weighted by Crippen LogP contribution is -2.34. The summed E-state index contributed by atoms with van der Waals surface area (Å²) in [6, 6.07) is 9.93. The number of nitrogens with one attached hydrogen (secondary N) is 1. The number of esters is 1. The molecule has 0 saturated carbocycles. The number of carbonyl (C=O) groups is 3. The largest absolute Gasteiger partial charge is 0.493 e. The molecule has 0 fully saturated rings. The number of benzene rings is 1. The van der Waals surface area contributed by atoms with Crippen molar-refractivity contribution in [1.82, 2.24) is 5.32 Å². The molecule has 0 bridgehead atoms. The van der Waals surface area contributed by atoms with Gasteiger partial charge >= 0.3 is 5.97 Å². The van der Waals surface area contributed by atoms with Gasteiger partial charge in [-0.15, -0.1) is 0 Å². The molecule has 1 aromatic carbocycles. The zero-order valence-electron chi connectivity index (χ0n) is 13.5. The number of imide groups is 1. The topological polar surface area (TPSA) is 104 Å². The smallest absolute Gasteiger partial charge is 0.309 e. The fourth-order valence-corrected chi connectivity index (χ4v) is 1.83. The number of ether oxygens (including phenoxy) is 3. The van der Waals surface area contributed by atoms with Gasteiger partial charge < -0.3 is 18.6 Å². The van der Waals surface area contributed by atoms with E-state index in [9.17, 15) is 14.4 Å². The summed E-state index contributed by atoms with van der Waals surface area (Å²) in [7, 11) is 1.51. The van der Waals surface area contributed by atoms with Crippen molar-refractivity contribution in [3.05, 3.63) is 48.4 Å². The van der Waals surface area contributed by atoms with Crippen molar-refractivity contribution in [2.75, 3.05) is 20.3 Å². The molecule has 1 heterocycles. The standard InChI is InChI=1S/C17H17NO7/c1-22-12-5-2-3-6-13(12)24-10-8-16(20)25-11-15(19)18-17(21)14-7-4-9-23-14/h2-7,9H,8,10-11H2,1H3,(H,18,19,21). The number of hydrogen-bond donors (Lipinski definition) is 1. The Kier molecular flexibility index (Phi) is 6.58. The van der Waals surface area contributed by atoms with E-state index in [1.165, 1.54) is 25.5 Å². The molecule has 1 aromatic heterocycles. The molecule has 2 aromatic rings. The van der Waals surface area contributed by atoms with Crippen LogP contribution in [0.25, 0.3) is 0 Å². The predicted molar refractivity (Wildman–Crippen MR) is 85.2 cm³/mol. The molecule has 0 radical (unpaired) electrons. The Hall–Kier alpha value is -3.29. The normalized spacial score (nSPS) is 9.96. The molecule has 8 nitrogen and oxygen atoms in total. The molecule has 8 heteroatoms. The molecular weight excluding hydrogens is 330 g/mol. The SMILES string of the molecule is COc1ccccc1OCCC(=O)OCC(=O)NC(=O)c1ccco1. The number of furan rings is 1. The predicted octanol–water partition coefficient (Wildman–Crippen LogP) is 1.56. The highest BCUT2D eigenvalue weighted by Crippen LogP contribution is 2.25. The van der Waals surface area contributed by atoms with Gasteiger partial charge in [0.2, 0.25) is 0 Å². The molecule has 0 aliphatic carbocycles. The molecule has 1 N–H and O–H groups in total. The van der Waals surface area contributed by atoms with Crippen molar-refractivity contribution in [1.29, 1.82) is 0 Å². The first-order chi connectivity index (χ1) is 12.1. The van der Waals surface area contributed by atoms with E-state index in [1.807, 2.05) is 5.32 Å². The second-order valence-corrected chi connectivity index (χ2v) is 4.76. The first-order valence-corrected chi connectivity index (χ1v) is 7.39. The number of para-hydroxylation sites is 2. The summed E-state index contributed by atoms with van der Waals surface area (Å²) in [5, 5.41) is 2.04. The summed E-state index contributed by atoms with van der Waals surface area (Å²) < 4.78 is 20.2. The zero-order valence-corrected chi connectivity index (χ0v) is 13.5. The highest BCUT2D eigenvalue weighted by molar-refractivity contribution is 6.03. The fraction of sp³-hybridized carbons (Fsp3) is 0.235. The molecule has 0 spiro atoms. The van der Waals surface area contributed by atoms with E-state index in [0.29, 0.717) is 11.5 Å². The maximum absolute atomic E-state index is 11.6. The quantitative estimate of drug-likeness (QED) is 0.723. The second kappa shape index (κ2) is 9.11. The van der Waals surface area contributed by atoms with Gasteiger partial charge in [-0.1, -0.05) is 12.1 Å². The highest BCUT2D eigenvalue weighted by Gasteiger charge is 2.14. The molecule has 2 rings (SSSR count). The number of methoxy groups -OCH3 is 1. The van der Waals surface area contributed by atoms with Crippen LogP contribution in [0.1, 0.15) is 17.0 Å². The van der Waals surface area contributed by atoms with E-state index in [0.717, 1.165) is 0 Å². The summed E-state index contributed by atoms with van der Waals surface area (Å²) >= 11 is 0. The summed E-state index contributed by atoms with van der Waals surface area (Å²) in [5.74, 6) is -1.04. The molecular formula is C17H17NO7. The Morgan fingerprint density at radius 2 is 1.84 bits per heavy atom. The number of carbonyl (C=O) groups excluding carboxylic acids is 3. The van der Waals surface area contributed by atoms with Gasteiger partial charge in [-0.2, -0.15) is 0 Å². The lowest BCUT2D eigenvalue weighted by Gasteiger charge is -2.10. The Balaban J connectivity index is 1.66. The van der Waals surface area contributed by atoms with Crippen molar-refractivity contribution < 1.29 is 33.0 Å². The van der Waals surface area contributed by atoms with Gasteiger partial charge in [0.1, 0.15) is 0 Å². The average molecular weight is 347 g/mol. The first kappa shape index (κ1) is 18.1. The molecule has 0 aliphatic heterocycles.